The summed E-state index contributed by atoms with van der Waals surface area (Å²) in [4.78, 5) is 43.5. The van der Waals surface area contributed by atoms with E-state index in [4.69, 9.17) is 9.47 Å². The second kappa shape index (κ2) is 8.10. The number of Topliss-reactive ketones (excluding diaryl/α,β-unsaturated/α-hetero) is 1. The smallest absolute Gasteiger partial charge is 0.296 e. The van der Waals surface area contributed by atoms with Gasteiger partial charge in [-0.2, -0.15) is 0 Å². The predicted molar refractivity (Wildman–Crippen MR) is 118 cm³/mol. The third-order valence-corrected chi connectivity index (χ3v) is 7.09. The topological polar surface area (TPSA) is 96.4 Å². The van der Waals surface area contributed by atoms with E-state index in [1.165, 1.54) is 17.0 Å². The van der Waals surface area contributed by atoms with Crippen LogP contribution in [0.5, 0.6) is 17.2 Å². The third kappa shape index (κ3) is 3.23. The summed E-state index contributed by atoms with van der Waals surface area (Å²) in [7, 11) is 3.17. The number of rotatable bonds is 4. The van der Waals surface area contributed by atoms with Crippen LogP contribution in [0.4, 0.5) is 0 Å². The molecule has 2 aromatic rings. The summed E-state index contributed by atoms with van der Waals surface area (Å²) in [5.74, 6) is -0.663. The van der Waals surface area contributed by atoms with Crippen LogP contribution in [0.25, 0.3) is 0 Å². The molecule has 2 aromatic carbocycles. The van der Waals surface area contributed by atoms with E-state index in [0.29, 0.717) is 37.3 Å². The van der Waals surface area contributed by atoms with Gasteiger partial charge in [0, 0.05) is 18.2 Å². The third-order valence-electron chi connectivity index (χ3n) is 7.09. The van der Waals surface area contributed by atoms with E-state index in [2.05, 4.69) is 0 Å². The first-order valence-corrected chi connectivity index (χ1v) is 11.2. The highest BCUT2D eigenvalue weighted by Crippen LogP contribution is 2.48. The standard InChI is InChI=1S/C25H26N2O6/c1-32-15-12-14-10-11-26-22(21(14)20(13-15)33-2)17-7-5-8-18(24(26)30)27(17)25(31)23(29)16-6-3-4-9-19(16)28/h3-4,6,9,12-13,17-18,22,28H,5,7-8,10-11H2,1-2H3/t17-,18+,22?/m1/s1. The van der Waals surface area contributed by atoms with Crippen LogP contribution < -0.4 is 9.47 Å². The average molecular weight is 450 g/mol. The molecule has 0 spiro atoms. The van der Waals surface area contributed by atoms with E-state index in [0.717, 1.165) is 17.5 Å². The number of para-hydroxylation sites is 1. The molecular weight excluding hydrogens is 424 g/mol. The van der Waals surface area contributed by atoms with Crippen LogP contribution in [0, 0.1) is 0 Å². The van der Waals surface area contributed by atoms with Crippen LogP contribution >= 0.6 is 0 Å². The van der Waals surface area contributed by atoms with Crippen molar-refractivity contribution in [2.45, 2.75) is 43.8 Å². The Morgan fingerprint density at radius 3 is 2.61 bits per heavy atom. The molecule has 3 aliphatic rings. The van der Waals surface area contributed by atoms with Crippen molar-refractivity contribution in [1.82, 2.24) is 9.80 Å². The fourth-order valence-electron chi connectivity index (χ4n) is 5.63. The number of aromatic hydroxyl groups is 1. The second-order valence-electron chi connectivity index (χ2n) is 8.70. The number of hydrogen-bond donors (Lipinski definition) is 1. The van der Waals surface area contributed by atoms with Gasteiger partial charge in [0.1, 0.15) is 23.3 Å². The Hall–Kier alpha value is -3.55. The fraction of sp³-hybridized carbons (Fsp3) is 0.400. The summed E-state index contributed by atoms with van der Waals surface area (Å²) in [5, 5.41) is 10.1. The molecule has 0 radical (unpaired) electrons. The van der Waals surface area contributed by atoms with Gasteiger partial charge < -0.3 is 24.4 Å². The van der Waals surface area contributed by atoms with Gasteiger partial charge in [-0.3, -0.25) is 14.4 Å². The number of hydrogen-bond acceptors (Lipinski definition) is 6. The van der Waals surface area contributed by atoms with Crippen molar-refractivity contribution < 1.29 is 29.0 Å². The minimum Gasteiger partial charge on any atom is -0.507 e. The van der Waals surface area contributed by atoms with Gasteiger partial charge >= 0.3 is 0 Å². The molecule has 1 N–H and O–H groups in total. The Balaban J connectivity index is 1.59. The number of ketones is 1. The summed E-state index contributed by atoms with van der Waals surface area (Å²) in [6.45, 7) is 0.537. The molecule has 0 saturated carbocycles. The van der Waals surface area contributed by atoms with Crippen molar-refractivity contribution in [2.75, 3.05) is 20.8 Å². The molecule has 1 unspecified atom stereocenters. The zero-order chi connectivity index (χ0) is 23.3. The normalized spacial score (nSPS) is 23.5. The molecule has 3 aliphatic heterocycles. The monoisotopic (exact) mass is 450 g/mol. The summed E-state index contributed by atoms with van der Waals surface area (Å²) in [6.07, 6.45) is 2.63. The Labute approximate surface area is 191 Å². The Morgan fingerprint density at radius 2 is 1.88 bits per heavy atom. The van der Waals surface area contributed by atoms with Gasteiger partial charge in [0.2, 0.25) is 5.91 Å². The molecule has 2 amide bonds. The van der Waals surface area contributed by atoms with Crippen LogP contribution in [0.2, 0.25) is 0 Å². The minimum absolute atomic E-state index is 0.0539. The Kier molecular flexibility index (Phi) is 5.23. The zero-order valence-corrected chi connectivity index (χ0v) is 18.6. The molecular formula is C25H26N2O6. The molecule has 2 bridgehead atoms. The maximum absolute atomic E-state index is 13.5. The molecule has 2 fully saturated rings. The number of benzene rings is 2. The van der Waals surface area contributed by atoms with E-state index in [1.807, 2.05) is 11.0 Å². The fourth-order valence-corrected chi connectivity index (χ4v) is 5.63. The molecule has 8 nitrogen and oxygen atoms in total. The van der Waals surface area contributed by atoms with Gasteiger partial charge in [0.05, 0.1) is 31.9 Å². The summed E-state index contributed by atoms with van der Waals surface area (Å²) in [6, 6.07) is 8.30. The average Bonchev–Trinajstić information content (AvgIpc) is 2.85. The number of ether oxygens (including phenoxy) is 2. The number of phenols is 1. The first kappa shape index (κ1) is 21.3. The lowest BCUT2D eigenvalue weighted by Gasteiger charge is -2.55. The number of nitrogens with zero attached hydrogens (tertiary/aromatic N) is 2. The Bertz CT molecular complexity index is 1130. The molecule has 8 heteroatoms. The first-order valence-electron chi connectivity index (χ1n) is 11.2. The second-order valence-corrected chi connectivity index (χ2v) is 8.70. The van der Waals surface area contributed by atoms with Crippen molar-refractivity contribution in [3.8, 4) is 17.2 Å². The van der Waals surface area contributed by atoms with Crippen LogP contribution in [-0.4, -0.2) is 65.4 Å². The maximum atomic E-state index is 13.5. The van der Waals surface area contributed by atoms with Crippen LogP contribution in [-0.2, 0) is 16.0 Å². The highest BCUT2D eigenvalue weighted by Gasteiger charge is 2.54. The zero-order valence-electron chi connectivity index (χ0n) is 18.6. The van der Waals surface area contributed by atoms with E-state index in [-0.39, 0.29) is 23.3 Å². The predicted octanol–water partition coefficient (Wildman–Crippen LogP) is 2.48. The number of fused-ring (bicyclic) bond motifs is 6. The molecule has 172 valence electrons. The van der Waals surface area contributed by atoms with Gasteiger partial charge in [0.25, 0.3) is 11.7 Å². The minimum atomic E-state index is -0.802. The molecule has 0 aromatic heterocycles. The summed E-state index contributed by atoms with van der Waals surface area (Å²) in [5.41, 5.74) is 1.83. The van der Waals surface area contributed by atoms with Crippen LogP contribution in [0.1, 0.15) is 46.8 Å². The van der Waals surface area contributed by atoms with Crippen molar-refractivity contribution in [1.29, 1.82) is 0 Å². The van der Waals surface area contributed by atoms with Crippen molar-refractivity contribution in [3.05, 3.63) is 53.1 Å². The SMILES string of the molecule is COc1cc2c(c(OC)c1)C1[C@H]3CCC[C@@H](C(=O)N1CC2)N3C(=O)C(=O)c1ccccc1O. The number of carbonyl (C=O) groups excluding carboxylic acids is 3. The molecule has 33 heavy (non-hydrogen) atoms. The number of methoxy groups -OCH3 is 2. The van der Waals surface area contributed by atoms with E-state index in [1.54, 1.807) is 32.4 Å². The van der Waals surface area contributed by atoms with Crippen molar-refractivity contribution in [2.24, 2.45) is 0 Å². The number of piperidine rings is 1. The molecule has 3 heterocycles. The van der Waals surface area contributed by atoms with Crippen LogP contribution in [0.15, 0.2) is 36.4 Å². The van der Waals surface area contributed by atoms with E-state index >= 15 is 0 Å². The maximum Gasteiger partial charge on any atom is 0.296 e. The van der Waals surface area contributed by atoms with Gasteiger partial charge in [-0.15, -0.1) is 0 Å². The number of phenolic OH excluding ortho intramolecular Hbond substituents is 1. The van der Waals surface area contributed by atoms with Crippen molar-refractivity contribution >= 4 is 17.6 Å². The van der Waals surface area contributed by atoms with Gasteiger partial charge in [0.15, 0.2) is 0 Å². The first-order chi connectivity index (χ1) is 16.0. The number of piperazine rings is 1. The molecule has 5 rings (SSSR count). The molecule has 0 aliphatic carbocycles. The van der Waals surface area contributed by atoms with Crippen molar-refractivity contribution in [3.63, 3.8) is 0 Å². The molecule has 2 saturated heterocycles. The highest BCUT2D eigenvalue weighted by molar-refractivity contribution is 6.43. The number of amides is 2. The summed E-state index contributed by atoms with van der Waals surface area (Å²) >= 11 is 0. The lowest BCUT2D eigenvalue weighted by molar-refractivity contribution is -0.164. The van der Waals surface area contributed by atoms with E-state index in [9.17, 15) is 19.5 Å². The van der Waals surface area contributed by atoms with Gasteiger partial charge in [-0.05, 0) is 49.4 Å². The summed E-state index contributed by atoms with van der Waals surface area (Å²) < 4.78 is 11.1. The van der Waals surface area contributed by atoms with Crippen LogP contribution in [0.3, 0.4) is 0 Å². The number of carbonyl (C=O) groups is 3. The Morgan fingerprint density at radius 1 is 1.09 bits per heavy atom. The highest BCUT2D eigenvalue weighted by atomic mass is 16.5. The lowest BCUT2D eigenvalue weighted by atomic mass is 9.78. The lowest BCUT2D eigenvalue weighted by Crippen LogP contribution is -2.68. The van der Waals surface area contributed by atoms with E-state index < -0.39 is 23.8 Å². The van der Waals surface area contributed by atoms with Gasteiger partial charge in [-0.1, -0.05) is 12.1 Å². The van der Waals surface area contributed by atoms with Gasteiger partial charge in [-0.25, -0.2) is 0 Å². The molecule has 3 atom stereocenters. The largest absolute Gasteiger partial charge is 0.507 e. The quantitative estimate of drug-likeness (QED) is 0.568.